The predicted octanol–water partition coefficient (Wildman–Crippen LogP) is 1.47. The first-order valence-electron chi connectivity index (χ1n) is 6.59. The second kappa shape index (κ2) is 4.77. The predicted molar refractivity (Wildman–Crippen MR) is 77.5 cm³/mol. The average molecular weight is 306 g/mol. The molecular weight excluding hydrogens is 292 g/mol. The molecule has 21 heavy (non-hydrogen) atoms. The Balaban J connectivity index is 1.81. The monoisotopic (exact) mass is 306 g/mol. The molecule has 7 heteroatoms. The molecule has 0 aromatic heterocycles. The molecule has 6 nitrogen and oxygen atoms in total. The number of hydrogen-bond acceptors (Lipinski definition) is 4. The maximum atomic E-state index is 12.1. The van der Waals surface area contributed by atoms with Crippen molar-refractivity contribution >= 4 is 35.2 Å². The van der Waals surface area contributed by atoms with Crippen LogP contribution in [0.4, 0.5) is 5.69 Å². The summed E-state index contributed by atoms with van der Waals surface area (Å²) in [6.45, 7) is 1.81. The third-order valence-corrected chi connectivity index (χ3v) is 4.86. The van der Waals surface area contributed by atoms with E-state index < -0.39 is 17.4 Å². The summed E-state index contributed by atoms with van der Waals surface area (Å²) in [5.41, 5.74) is -0.174. The van der Waals surface area contributed by atoms with Crippen LogP contribution in [-0.4, -0.2) is 33.7 Å². The highest BCUT2D eigenvalue weighted by molar-refractivity contribution is 8.00. The summed E-state index contributed by atoms with van der Waals surface area (Å²) in [5.74, 6) is -1.55. The number of carbonyl (C=O) groups is 3. The van der Waals surface area contributed by atoms with Crippen molar-refractivity contribution in [1.29, 1.82) is 0 Å². The van der Waals surface area contributed by atoms with Crippen molar-refractivity contribution in [2.45, 2.75) is 35.4 Å². The minimum absolute atomic E-state index is 0.103. The zero-order valence-corrected chi connectivity index (χ0v) is 12.1. The summed E-state index contributed by atoms with van der Waals surface area (Å²) in [6, 6.07) is 4.99. The smallest absolute Gasteiger partial charge is 0.329 e. The van der Waals surface area contributed by atoms with Gasteiger partial charge in [0.15, 0.2) is 0 Å². The second-order valence-corrected chi connectivity index (χ2v) is 6.68. The van der Waals surface area contributed by atoms with E-state index in [4.69, 9.17) is 5.11 Å². The van der Waals surface area contributed by atoms with Crippen LogP contribution in [0.15, 0.2) is 23.1 Å². The first-order chi connectivity index (χ1) is 9.91. The number of aliphatic carboxylic acids is 1. The molecular formula is C14H14N2O4S. The largest absolute Gasteiger partial charge is 0.480 e. The lowest BCUT2D eigenvalue weighted by Crippen LogP contribution is -2.43. The van der Waals surface area contributed by atoms with Crippen molar-refractivity contribution in [1.82, 2.24) is 5.32 Å². The van der Waals surface area contributed by atoms with Crippen LogP contribution < -0.4 is 10.6 Å². The number of carboxylic acids is 1. The molecule has 1 aliphatic carbocycles. The number of rotatable bonds is 3. The van der Waals surface area contributed by atoms with Crippen molar-refractivity contribution in [3.63, 3.8) is 0 Å². The molecule has 1 saturated carbocycles. The fraction of sp³-hybridized carbons (Fsp3) is 0.357. The fourth-order valence-corrected chi connectivity index (χ4v) is 3.09. The summed E-state index contributed by atoms with van der Waals surface area (Å²) >= 11 is 1.43. The molecule has 0 saturated heterocycles. The van der Waals surface area contributed by atoms with Gasteiger partial charge in [-0.3, -0.25) is 9.59 Å². The van der Waals surface area contributed by atoms with Crippen molar-refractivity contribution < 1.29 is 19.5 Å². The molecule has 2 amide bonds. The Kier molecular flexibility index (Phi) is 3.16. The van der Waals surface area contributed by atoms with E-state index in [2.05, 4.69) is 10.6 Å². The molecule has 1 aromatic rings. The summed E-state index contributed by atoms with van der Waals surface area (Å²) in [5, 5.41) is 14.2. The van der Waals surface area contributed by atoms with E-state index in [1.165, 1.54) is 11.8 Å². The van der Waals surface area contributed by atoms with Gasteiger partial charge in [-0.1, -0.05) is 0 Å². The second-order valence-electron chi connectivity index (χ2n) is 5.30. The van der Waals surface area contributed by atoms with E-state index in [1.54, 1.807) is 18.2 Å². The maximum absolute atomic E-state index is 12.1. The highest BCUT2D eigenvalue weighted by atomic mass is 32.2. The summed E-state index contributed by atoms with van der Waals surface area (Å²) in [4.78, 5) is 35.8. The van der Waals surface area contributed by atoms with Gasteiger partial charge in [0.2, 0.25) is 5.91 Å². The zero-order valence-electron chi connectivity index (χ0n) is 11.3. The molecule has 2 aliphatic rings. The normalized spacial score (nSPS) is 22.0. The van der Waals surface area contributed by atoms with Gasteiger partial charge in [0.25, 0.3) is 5.91 Å². The Morgan fingerprint density at radius 2 is 2.14 bits per heavy atom. The molecule has 1 fully saturated rings. The quantitative estimate of drug-likeness (QED) is 0.786. The SMILES string of the molecule is CC1Sc2ccc(C(=O)NC3(C(=O)O)CC3)cc2NC1=O. The Morgan fingerprint density at radius 3 is 2.76 bits per heavy atom. The molecule has 0 bridgehead atoms. The van der Waals surface area contributed by atoms with E-state index in [9.17, 15) is 14.4 Å². The molecule has 1 atom stereocenters. The molecule has 110 valence electrons. The fourth-order valence-electron chi connectivity index (χ4n) is 2.16. The van der Waals surface area contributed by atoms with Crippen LogP contribution in [0.3, 0.4) is 0 Å². The highest BCUT2D eigenvalue weighted by Gasteiger charge is 2.51. The maximum Gasteiger partial charge on any atom is 0.329 e. The third-order valence-electron chi connectivity index (χ3n) is 3.68. The molecule has 1 unspecified atom stereocenters. The Bertz CT molecular complexity index is 654. The van der Waals surface area contributed by atoms with Crippen LogP contribution in [0.2, 0.25) is 0 Å². The van der Waals surface area contributed by atoms with Gasteiger partial charge in [0, 0.05) is 10.5 Å². The van der Waals surface area contributed by atoms with Crippen LogP contribution in [0.1, 0.15) is 30.1 Å². The van der Waals surface area contributed by atoms with Gasteiger partial charge in [0.1, 0.15) is 5.54 Å². The molecule has 0 spiro atoms. The van der Waals surface area contributed by atoms with E-state index >= 15 is 0 Å². The van der Waals surface area contributed by atoms with Crippen LogP contribution in [0.5, 0.6) is 0 Å². The number of anilines is 1. The summed E-state index contributed by atoms with van der Waals surface area (Å²) in [7, 11) is 0. The first kappa shape index (κ1) is 13.9. The molecule has 0 radical (unpaired) electrons. The van der Waals surface area contributed by atoms with Crippen molar-refractivity contribution in [2.24, 2.45) is 0 Å². The van der Waals surface area contributed by atoms with Crippen molar-refractivity contribution in [2.75, 3.05) is 5.32 Å². The highest BCUT2D eigenvalue weighted by Crippen LogP contribution is 2.37. The zero-order chi connectivity index (χ0) is 15.2. The lowest BCUT2D eigenvalue weighted by molar-refractivity contribution is -0.140. The third kappa shape index (κ3) is 2.49. The topological polar surface area (TPSA) is 95.5 Å². The van der Waals surface area contributed by atoms with Crippen LogP contribution in [0, 0.1) is 0 Å². The van der Waals surface area contributed by atoms with Gasteiger partial charge in [-0.05, 0) is 38.0 Å². The lowest BCUT2D eigenvalue weighted by atomic mass is 10.1. The molecule has 1 heterocycles. The van der Waals surface area contributed by atoms with E-state index in [0.29, 0.717) is 24.1 Å². The Hall–Kier alpha value is -2.02. The molecule has 3 N–H and O–H groups in total. The van der Waals surface area contributed by atoms with Gasteiger partial charge in [-0.25, -0.2) is 4.79 Å². The minimum Gasteiger partial charge on any atom is -0.480 e. The van der Waals surface area contributed by atoms with Crippen molar-refractivity contribution in [3.8, 4) is 0 Å². The van der Waals surface area contributed by atoms with Gasteiger partial charge in [-0.2, -0.15) is 0 Å². The number of thioether (sulfide) groups is 1. The Labute approximate surface area is 125 Å². The van der Waals surface area contributed by atoms with Gasteiger partial charge in [-0.15, -0.1) is 11.8 Å². The number of fused-ring (bicyclic) bond motifs is 1. The number of carbonyl (C=O) groups excluding carboxylic acids is 2. The average Bonchev–Trinajstić information content (AvgIpc) is 3.20. The van der Waals surface area contributed by atoms with Crippen LogP contribution in [0.25, 0.3) is 0 Å². The summed E-state index contributed by atoms with van der Waals surface area (Å²) in [6.07, 6.45) is 0.895. The van der Waals surface area contributed by atoms with E-state index in [-0.39, 0.29) is 11.2 Å². The Morgan fingerprint density at radius 1 is 1.43 bits per heavy atom. The molecule has 3 rings (SSSR count). The first-order valence-corrected chi connectivity index (χ1v) is 7.47. The number of amides is 2. The molecule has 1 aliphatic heterocycles. The molecule has 1 aromatic carbocycles. The van der Waals surface area contributed by atoms with Gasteiger partial charge in [0.05, 0.1) is 10.9 Å². The van der Waals surface area contributed by atoms with E-state index in [0.717, 1.165) is 4.90 Å². The minimum atomic E-state index is -1.11. The number of nitrogens with one attached hydrogen (secondary N) is 2. The van der Waals surface area contributed by atoms with Gasteiger partial charge >= 0.3 is 5.97 Å². The number of hydrogen-bond donors (Lipinski definition) is 3. The van der Waals surface area contributed by atoms with E-state index in [1.807, 2.05) is 6.92 Å². The standard InChI is InChI=1S/C14H14N2O4S/c1-7-11(17)15-9-6-8(2-3-10(9)21-7)12(18)16-14(4-5-14)13(19)20/h2-3,6-7H,4-5H2,1H3,(H,15,17)(H,16,18)(H,19,20). The van der Waals surface area contributed by atoms with Crippen LogP contribution >= 0.6 is 11.8 Å². The van der Waals surface area contributed by atoms with Crippen molar-refractivity contribution in [3.05, 3.63) is 23.8 Å². The number of benzene rings is 1. The summed E-state index contributed by atoms with van der Waals surface area (Å²) < 4.78 is 0. The number of carboxylic acid groups (broad SMARTS) is 1. The van der Waals surface area contributed by atoms with Crippen LogP contribution in [-0.2, 0) is 9.59 Å². The van der Waals surface area contributed by atoms with Gasteiger partial charge < -0.3 is 15.7 Å². The lowest BCUT2D eigenvalue weighted by Gasteiger charge is -2.22.